The Morgan fingerprint density at radius 3 is 2.81 bits per heavy atom. The monoisotopic (exact) mass is 225 g/mol. The third-order valence-electron chi connectivity index (χ3n) is 2.97. The molecule has 2 N–H and O–H groups in total. The number of aromatic nitrogens is 2. The third-order valence-corrected chi connectivity index (χ3v) is 2.97. The van der Waals surface area contributed by atoms with Crippen molar-refractivity contribution < 1.29 is 5.11 Å². The number of aliphatic hydroxyl groups excluding tert-OH is 1. The van der Waals surface area contributed by atoms with Gasteiger partial charge in [0.25, 0.3) is 0 Å². The molecule has 0 aliphatic carbocycles. The summed E-state index contributed by atoms with van der Waals surface area (Å²) in [5.41, 5.74) is -0.190. The normalized spacial score (nSPS) is 15.0. The second-order valence-corrected chi connectivity index (χ2v) is 4.39. The van der Waals surface area contributed by atoms with E-state index in [4.69, 9.17) is 0 Å². The molecule has 4 heteroatoms. The van der Waals surface area contributed by atoms with Crippen molar-refractivity contribution in [3.05, 3.63) is 18.2 Å². The van der Waals surface area contributed by atoms with Crippen LogP contribution in [0, 0.1) is 0 Å². The van der Waals surface area contributed by atoms with Gasteiger partial charge < -0.3 is 15.0 Å². The highest BCUT2D eigenvalue weighted by molar-refractivity contribution is 4.93. The van der Waals surface area contributed by atoms with Crippen LogP contribution in [0.3, 0.4) is 0 Å². The molecule has 0 spiro atoms. The lowest BCUT2D eigenvalue weighted by atomic mass is 9.99. The van der Waals surface area contributed by atoms with Crippen LogP contribution in [0.4, 0.5) is 0 Å². The smallest absolute Gasteiger partial charge is 0.108 e. The van der Waals surface area contributed by atoms with Gasteiger partial charge in [-0.05, 0) is 19.9 Å². The van der Waals surface area contributed by atoms with Gasteiger partial charge in [-0.3, -0.25) is 0 Å². The number of hydrogen-bond acceptors (Lipinski definition) is 3. The van der Waals surface area contributed by atoms with E-state index in [0.717, 1.165) is 31.8 Å². The van der Waals surface area contributed by atoms with Crippen molar-refractivity contribution in [2.45, 2.75) is 45.7 Å². The molecule has 0 saturated carbocycles. The Morgan fingerprint density at radius 1 is 1.50 bits per heavy atom. The number of nitrogens with one attached hydrogen (secondary N) is 1. The molecule has 92 valence electrons. The molecule has 1 aromatic heterocycles. The highest BCUT2D eigenvalue weighted by Crippen LogP contribution is 2.11. The van der Waals surface area contributed by atoms with Gasteiger partial charge in [0.05, 0.1) is 6.61 Å². The highest BCUT2D eigenvalue weighted by atomic mass is 16.3. The number of rotatable bonds is 7. The van der Waals surface area contributed by atoms with Crippen LogP contribution in [-0.4, -0.2) is 33.3 Å². The predicted molar refractivity (Wildman–Crippen MR) is 65.4 cm³/mol. The molecule has 1 aromatic rings. The summed E-state index contributed by atoms with van der Waals surface area (Å²) in [5.74, 6) is 1.11. The van der Waals surface area contributed by atoms with Gasteiger partial charge >= 0.3 is 0 Å². The molecule has 0 radical (unpaired) electrons. The minimum absolute atomic E-state index is 0.164. The number of imidazole rings is 1. The second-order valence-electron chi connectivity index (χ2n) is 4.39. The molecular weight excluding hydrogens is 202 g/mol. The van der Waals surface area contributed by atoms with Crippen molar-refractivity contribution in [2.24, 2.45) is 0 Å². The van der Waals surface area contributed by atoms with Crippen molar-refractivity contribution >= 4 is 0 Å². The van der Waals surface area contributed by atoms with E-state index >= 15 is 0 Å². The van der Waals surface area contributed by atoms with Gasteiger partial charge in [-0.1, -0.05) is 13.8 Å². The van der Waals surface area contributed by atoms with E-state index in [1.165, 1.54) is 0 Å². The molecule has 0 aliphatic rings. The third kappa shape index (κ3) is 3.32. The molecule has 1 heterocycles. The summed E-state index contributed by atoms with van der Waals surface area (Å²) in [6.45, 7) is 8.15. The number of nitrogens with zero attached hydrogens (tertiary/aromatic N) is 2. The Bertz CT molecular complexity index is 311. The van der Waals surface area contributed by atoms with Crippen LogP contribution in [0.2, 0.25) is 0 Å². The lowest BCUT2D eigenvalue weighted by Gasteiger charge is -2.28. The fourth-order valence-electron chi connectivity index (χ4n) is 1.88. The van der Waals surface area contributed by atoms with Crippen LogP contribution in [0.25, 0.3) is 0 Å². The maximum Gasteiger partial charge on any atom is 0.108 e. The van der Waals surface area contributed by atoms with Crippen LogP contribution in [-0.2, 0) is 13.0 Å². The zero-order chi connectivity index (χ0) is 12.0. The average Bonchev–Trinajstić information content (AvgIpc) is 2.74. The van der Waals surface area contributed by atoms with Crippen molar-refractivity contribution in [1.82, 2.24) is 14.9 Å². The summed E-state index contributed by atoms with van der Waals surface area (Å²) in [6.07, 6.45) is 5.69. The SMILES string of the molecule is CCNC(C)(CO)CCn1ccnc1CC. The number of aliphatic hydroxyl groups is 1. The van der Waals surface area contributed by atoms with Gasteiger partial charge in [0.1, 0.15) is 5.82 Å². The summed E-state index contributed by atoms with van der Waals surface area (Å²) < 4.78 is 2.16. The number of likely N-dealkylation sites (N-methyl/N-ethyl adjacent to an activating group) is 1. The predicted octanol–water partition coefficient (Wildman–Crippen LogP) is 1.20. The van der Waals surface area contributed by atoms with E-state index in [2.05, 4.69) is 35.6 Å². The summed E-state index contributed by atoms with van der Waals surface area (Å²) in [5, 5.41) is 12.7. The van der Waals surface area contributed by atoms with E-state index in [1.807, 2.05) is 12.4 Å². The summed E-state index contributed by atoms with van der Waals surface area (Å²) in [7, 11) is 0. The molecule has 0 aliphatic heterocycles. The van der Waals surface area contributed by atoms with Gasteiger partial charge in [0, 0.05) is 30.9 Å². The number of aryl methyl sites for hydroxylation is 2. The van der Waals surface area contributed by atoms with Gasteiger partial charge in [-0.15, -0.1) is 0 Å². The Kier molecular flexibility index (Phi) is 4.96. The second kappa shape index (κ2) is 6.01. The first-order valence-corrected chi connectivity index (χ1v) is 6.01. The van der Waals surface area contributed by atoms with Crippen molar-refractivity contribution in [3.63, 3.8) is 0 Å². The molecule has 16 heavy (non-hydrogen) atoms. The Balaban J connectivity index is 2.55. The van der Waals surface area contributed by atoms with Crippen molar-refractivity contribution in [3.8, 4) is 0 Å². The fraction of sp³-hybridized carbons (Fsp3) is 0.750. The molecular formula is C12H23N3O. The standard InChI is InChI=1S/C12H23N3O/c1-4-11-13-7-9-15(11)8-6-12(3,10-16)14-5-2/h7,9,14,16H,4-6,8,10H2,1-3H3. The molecule has 0 saturated heterocycles. The lowest BCUT2D eigenvalue weighted by molar-refractivity contribution is 0.162. The van der Waals surface area contributed by atoms with E-state index in [9.17, 15) is 5.11 Å². The van der Waals surface area contributed by atoms with Gasteiger partial charge in [0.15, 0.2) is 0 Å². The summed E-state index contributed by atoms with van der Waals surface area (Å²) in [6, 6.07) is 0. The Labute approximate surface area is 97.7 Å². The van der Waals surface area contributed by atoms with Gasteiger partial charge in [-0.2, -0.15) is 0 Å². The topological polar surface area (TPSA) is 50.1 Å². The van der Waals surface area contributed by atoms with Gasteiger partial charge in [0.2, 0.25) is 0 Å². The molecule has 1 rings (SSSR count). The summed E-state index contributed by atoms with van der Waals surface area (Å²) >= 11 is 0. The molecule has 0 aromatic carbocycles. The molecule has 0 fully saturated rings. The number of hydrogen-bond donors (Lipinski definition) is 2. The van der Waals surface area contributed by atoms with E-state index < -0.39 is 0 Å². The zero-order valence-corrected chi connectivity index (χ0v) is 10.5. The minimum atomic E-state index is -0.190. The van der Waals surface area contributed by atoms with Crippen LogP contribution in [0.5, 0.6) is 0 Å². The quantitative estimate of drug-likeness (QED) is 0.733. The van der Waals surface area contributed by atoms with E-state index in [0.29, 0.717) is 0 Å². The average molecular weight is 225 g/mol. The van der Waals surface area contributed by atoms with Crippen LogP contribution in [0.15, 0.2) is 12.4 Å². The molecule has 0 amide bonds. The van der Waals surface area contributed by atoms with Crippen LogP contribution in [0.1, 0.15) is 33.0 Å². The fourth-order valence-corrected chi connectivity index (χ4v) is 1.88. The lowest BCUT2D eigenvalue weighted by Crippen LogP contribution is -2.46. The molecule has 0 bridgehead atoms. The van der Waals surface area contributed by atoms with Gasteiger partial charge in [-0.25, -0.2) is 4.98 Å². The first kappa shape index (κ1) is 13.2. The highest BCUT2D eigenvalue weighted by Gasteiger charge is 2.21. The zero-order valence-electron chi connectivity index (χ0n) is 10.5. The van der Waals surface area contributed by atoms with Crippen molar-refractivity contribution in [2.75, 3.05) is 13.2 Å². The minimum Gasteiger partial charge on any atom is -0.394 e. The maximum atomic E-state index is 9.38. The first-order chi connectivity index (χ1) is 7.65. The van der Waals surface area contributed by atoms with E-state index in [1.54, 1.807) is 0 Å². The van der Waals surface area contributed by atoms with E-state index in [-0.39, 0.29) is 12.1 Å². The van der Waals surface area contributed by atoms with Crippen LogP contribution < -0.4 is 5.32 Å². The molecule has 1 atom stereocenters. The Morgan fingerprint density at radius 2 is 2.25 bits per heavy atom. The Hall–Kier alpha value is -0.870. The summed E-state index contributed by atoms with van der Waals surface area (Å²) in [4.78, 5) is 4.29. The molecule has 4 nitrogen and oxygen atoms in total. The maximum absolute atomic E-state index is 9.38. The van der Waals surface area contributed by atoms with Crippen molar-refractivity contribution in [1.29, 1.82) is 0 Å². The van der Waals surface area contributed by atoms with Crippen LogP contribution >= 0.6 is 0 Å². The first-order valence-electron chi connectivity index (χ1n) is 6.01. The molecule has 1 unspecified atom stereocenters. The largest absolute Gasteiger partial charge is 0.394 e.